The van der Waals surface area contributed by atoms with E-state index in [2.05, 4.69) is 32.9 Å². The molecule has 1 rings (SSSR count). The SMILES string of the molecule is Cc1cc(C(=O)NCCCCCCI)ccn1. The van der Waals surface area contributed by atoms with E-state index in [0.29, 0.717) is 5.56 Å². The van der Waals surface area contributed by atoms with Crippen LogP contribution in [-0.4, -0.2) is 21.9 Å². The molecule has 0 saturated heterocycles. The van der Waals surface area contributed by atoms with Crippen molar-refractivity contribution in [1.29, 1.82) is 0 Å². The molecule has 1 amide bonds. The first-order valence-corrected chi connectivity index (χ1v) is 7.53. The molecule has 3 nitrogen and oxygen atoms in total. The minimum absolute atomic E-state index is 0.00407. The molecule has 0 radical (unpaired) electrons. The molecule has 0 aliphatic heterocycles. The quantitative estimate of drug-likeness (QED) is 0.468. The second-order valence-electron chi connectivity index (χ2n) is 4.04. The lowest BCUT2D eigenvalue weighted by molar-refractivity contribution is 0.0952. The summed E-state index contributed by atoms with van der Waals surface area (Å²) in [5, 5.41) is 2.93. The highest BCUT2D eigenvalue weighted by Crippen LogP contribution is 2.03. The Bertz CT molecular complexity index is 355. The van der Waals surface area contributed by atoms with E-state index in [0.717, 1.165) is 18.7 Å². The predicted octanol–water partition coefficient (Wildman–Crippen LogP) is 3.12. The maximum Gasteiger partial charge on any atom is 0.251 e. The molecule has 0 aromatic carbocycles. The van der Waals surface area contributed by atoms with E-state index in [1.54, 1.807) is 12.3 Å². The van der Waals surface area contributed by atoms with Crippen molar-refractivity contribution in [2.24, 2.45) is 0 Å². The maximum atomic E-state index is 11.7. The van der Waals surface area contributed by atoms with Crippen molar-refractivity contribution < 1.29 is 4.79 Å². The van der Waals surface area contributed by atoms with E-state index in [9.17, 15) is 4.79 Å². The van der Waals surface area contributed by atoms with Crippen molar-refractivity contribution in [3.8, 4) is 0 Å². The van der Waals surface area contributed by atoms with Gasteiger partial charge in [-0.25, -0.2) is 0 Å². The van der Waals surface area contributed by atoms with Gasteiger partial charge in [-0.3, -0.25) is 9.78 Å². The normalized spacial score (nSPS) is 10.2. The van der Waals surface area contributed by atoms with Crippen molar-refractivity contribution in [1.82, 2.24) is 10.3 Å². The summed E-state index contributed by atoms with van der Waals surface area (Å²) in [6.45, 7) is 2.66. The van der Waals surface area contributed by atoms with Crippen LogP contribution in [0.2, 0.25) is 0 Å². The summed E-state index contributed by atoms with van der Waals surface area (Å²) in [7, 11) is 0. The predicted molar refractivity (Wildman–Crippen MR) is 78.7 cm³/mol. The van der Waals surface area contributed by atoms with Crippen molar-refractivity contribution in [2.45, 2.75) is 32.6 Å². The highest BCUT2D eigenvalue weighted by Gasteiger charge is 2.04. The molecule has 17 heavy (non-hydrogen) atoms. The summed E-state index contributed by atoms with van der Waals surface area (Å²) in [6.07, 6.45) is 6.46. The van der Waals surface area contributed by atoms with Gasteiger partial charge in [0.1, 0.15) is 0 Å². The van der Waals surface area contributed by atoms with E-state index in [-0.39, 0.29) is 5.91 Å². The van der Waals surface area contributed by atoms with Gasteiger partial charge in [0.2, 0.25) is 0 Å². The third kappa shape index (κ3) is 6.00. The average molecular weight is 346 g/mol. The molecule has 0 aliphatic rings. The fourth-order valence-electron chi connectivity index (χ4n) is 1.56. The third-order valence-electron chi connectivity index (χ3n) is 2.50. The number of rotatable bonds is 7. The minimum Gasteiger partial charge on any atom is -0.352 e. The summed E-state index contributed by atoms with van der Waals surface area (Å²) in [5.74, 6) is 0.00407. The number of carbonyl (C=O) groups excluding carboxylic acids is 1. The zero-order valence-electron chi connectivity index (χ0n) is 10.2. The van der Waals surface area contributed by atoms with Crippen LogP contribution in [0.3, 0.4) is 0 Å². The molecular formula is C13H19IN2O. The standard InChI is InChI=1S/C13H19IN2O/c1-11-10-12(6-9-15-11)13(17)16-8-5-3-2-4-7-14/h6,9-10H,2-5,7-8H2,1H3,(H,16,17). The first-order chi connectivity index (χ1) is 8.24. The minimum atomic E-state index is 0.00407. The molecule has 0 spiro atoms. The third-order valence-corrected chi connectivity index (χ3v) is 3.27. The Morgan fingerprint density at radius 3 is 2.82 bits per heavy atom. The van der Waals surface area contributed by atoms with Gasteiger partial charge in [-0.2, -0.15) is 0 Å². The van der Waals surface area contributed by atoms with Crippen LogP contribution in [0, 0.1) is 6.92 Å². The van der Waals surface area contributed by atoms with E-state index in [1.165, 1.54) is 23.7 Å². The highest BCUT2D eigenvalue weighted by molar-refractivity contribution is 14.1. The zero-order valence-corrected chi connectivity index (χ0v) is 12.4. The molecule has 0 fully saturated rings. The Morgan fingerprint density at radius 1 is 1.35 bits per heavy atom. The first-order valence-electron chi connectivity index (χ1n) is 6.01. The Labute approximate surface area is 117 Å². The van der Waals surface area contributed by atoms with Crippen molar-refractivity contribution in [2.75, 3.05) is 11.0 Å². The Balaban J connectivity index is 2.21. The smallest absolute Gasteiger partial charge is 0.251 e. The number of pyridine rings is 1. The number of halogens is 1. The van der Waals surface area contributed by atoms with Gasteiger partial charge in [-0.15, -0.1) is 0 Å². The summed E-state index contributed by atoms with van der Waals surface area (Å²) in [5.41, 5.74) is 1.57. The molecule has 1 aromatic heterocycles. The molecule has 0 atom stereocenters. The molecule has 0 saturated carbocycles. The first kappa shape index (κ1) is 14.4. The van der Waals surface area contributed by atoms with Gasteiger partial charge >= 0.3 is 0 Å². The van der Waals surface area contributed by atoms with Gasteiger partial charge in [-0.1, -0.05) is 35.4 Å². The maximum absolute atomic E-state index is 11.7. The van der Waals surface area contributed by atoms with Crippen LogP contribution < -0.4 is 5.32 Å². The van der Waals surface area contributed by atoms with Crippen LogP contribution in [0.1, 0.15) is 41.7 Å². The number of aryl methyl sites for hydroxylation is 1. The molecule has 0 aliphatic carbocycles. The number of aromatic nitrogens is 1. The highest BCUT2D eigenvalue weighted by atomic mass is 127. The number of hydrogen-bond donors (Lipinski definition) is 1. The second kappa shape index (κ2) is 8.44. The van der Waals surface area contributed by atoms with Crippen molar-refractivity contribution in [3.05, 3.63) is 29.6 Å². The van der Waals surface area contributed by atoms with E-state index in [1.807, 2.05) is 13.0 Å². The van der Waals surface area contributed by atoms with E-state index in [4.69, 9.17) is 0 Å². The van der Waals surface area contributed by atoms with Gasteiger partial charge in [0, 0.05) is 24.0 Å². The number of hydrogen-bond acceptors (Lipinski definition) is 2. The number of carbonyl (C=O) groups is 1. The van der Waals surface area contributed by atoms with Gasteiger partial charge in [0.25, 0.3) is 5.91 Å². The monoisotopic (exact) mass is 346 g/mol. The number of nitrogens with zero attached hydrogens (tertiary/aromatic N) is 1. The van der Waals surface area contributed by atoms with Gasteiger partial charge in [0.15, 0.2) is 0 Å². The molecule has 1 heterocycles. The number of alkyl halides is 1. The van der Waals surface area contributed by atoms with Crippen LogP contribution in [0.15, 0.2) is 18.3 Å². The molecule has 1 aromatic rings. The average Bonchev–Trinajstić information content (AvgIpc) is 2.33. The van der Waals surface area contributed by atoms with Gasteiger partial charge in [0.05, 0.1) is 0 Å². The van der Waals surface area contributed by atoms with Gasteiger partial charge in [-0.05, 0) is 36.3 Å². The molecule has 1 N–H and O–H groups in total. The van der Waals surface area contributed by atoms with E-state index >= 15 is 0 Å². The molecular weight excluding hydrogens is 327 g/mol. The lowest BCUT2D eigenvalue weighted by Crippen LogP contribution is -2.24. The Morgan fingerprint density at radius 2 is 2.12 bits per heavy atom. The molecule has 0 unspecified atom stereocenters. The summed E-state index contributed by atoms with van der Waals surface area (Å²) in [4.78, 5) is 15.8. The second-order valence-corrected chi connectivity index (χ2v) is 5.12. The van der Waals surface area contributed by atoms with E-state index < -0.39 is 0 Å². The molecule has 4 heteroatoms. The summed E-state index contributed by atoms with van der Waals surface area (Å²) in [6, 6.07) is 3.56. The molecule has 94 valence electrons. The lowest BCUT2D eigenvalue weighted by Gasteiger charge is -2.05. The van der Waals surface area contributed by atoms with Crippen LogP contribution in [0.5, 0.6) is 0 Å². The fourth-order valence-corrected chi connectivity index (χ4v) is 2.10. The number of amides is 1. The summed E-state index contributed by atoms with van der Waals surface area (Å²) >= 11 is 2.39. The topological polar surface area (TPSA) is 42.0 Å². The van der Waals surface area contributed by atoms with Crippen LogP contribution in [0.4, 0.5) is 0 Å². The van der Waals surface area contributed by atoms with Crippen molar-refractivity contribution >= 4 is 28.5 Å². The van der Waals surface area contributed by atoms with Gasteiger partial charge < -0.3 is 5.32 Å². The van der Waals surface area contributed by atoms with Crippen molar-refractivity contribution in [3.63, 3.8) is 0 Å². The Kier molecular flexibility index (Phi) is 7.16. The largest absolute Gasteiger partial charge is 0.352 e. The van der Waals surface area contributed by atoms with Crippen LogP contribution in [-0.2, 0) is 0 Å². The zero-order chi connectivity index (χ0) is 12.5. The lowest BCUT2D eigenvalue weighted by atomic mass is 10.2. The fraction of sp³-hybridized carbons (Fsp3) is 0.538. The van der Waals surface area contributed by atoms with Crippen LogP contribution in [0.25, 0.3) is 0 Å². The number of unbranched alkanes of at least 4 members (excludes halogenated alkanes) is 3. The summed E-state index contributed by atoms with van der Waals surface area (Å²) < 4.78 is 1.22. The Hall–Kier alpha value is -0.650. The van der Waals surface area contributed by atoms with Crippen LogP contribution >= 0.6 is 22.6 Å². The number of nitrogens with one attached hydrogen (secondary N) is 1. The molecule has 0 bridgehead atoms.